The molecular weight excluding hydrogens is 360 g/mol. The van der Waals surface area contributed by atoms with Gasteiger partial charge in [0, 0.05) is 59.9 Å². The maximum atomic E-state index is 12.7. The first-order valence-corrected chi connectivity index (χ1v) is 10.4. The molecule has 3 heterocycles. The van der Waals surface area contributed by atoms with Gasteiger partial charge in [0.1, 0.15) is 0 Å². The first-order chi connectivity index (χ1) is 14.3. The van der Waals surface area contributed by atoms with Crippen LogP contribution in [0.15, 0.2) is 60.9 Å². The molecule has 0 spiro atoms. The lowest BCUT2D eigenvalue weighted by Crippen LogP contribution is -2.45. The highest BCUT2D eigenvalue weighted by Gasteiger charge is 2.22. The largest absolute Gasteiger partial charge is 0.361 e. The van der Waals surface area contributed by atoms with Crippen LogP contribution in [0.4, 0.5) is 0 Å². The summed E-state index contributed by atoms with van der Waals surface area (Å²) in [5, 5.41) is 5.55. The van der Waals surface area contributed by atoms with E-state index in [1.165, 1.54) is 16.5 Å². The van der Waals surface area contributed by atoms with Crippen LogP contribution in [0.5, 0.6) is 0 Å². The summed E-state index contributed by atoms with van der Waals surface area (Å²) in [4.78, 5) is 21.8. The number of piperidine rings is 1. The zero-order valence-electron chi connectivity index (χ0n) is 16.4. The number of H-pyrrole nitrogens is 2. The molecule has 1 amide bonds. The highest BCUT2D eigenvalue weighted by Crippen LogP contribution is 2.20. The van der Waals surface area contributed by atoms with E-state index in [2.05, 4.69) is 50.6 Å². The molecule has 2 aromatic carbocycles. The van der Waals surface area contributed by atoms with Gasteiger partial charge in [-0.05, 0) is 37.0 Å². The Balaban J connectivity index is 1.14. The summed E-state index contributed by atoms with van der Waals surface area (Å²) >= 11 is 0. The van der Waals surface area contributed by atoms with Gasteiger partial charge < -0.3 is 20.2 Å². The number of carbonyl (C=O) groups is 1. The van der Waals surface area contributed by atoms with Crippen molar-refractivity contribution >= 4 is 27.7 Å². The Morgan fingerprint density at radius 3 is 2.38 bits per heavy atom. The maximum Gasteiger partial charge on any atom is 0.253 e. The molecule has 1 aliphatic rings. The molecule has 0 saturated carbocycles. The number of aromatic amines is 2. The standard InChI is InChI=1S/C24H26N4O/c29-24(21-16-26-23-8-4-2-6-20(21)23)27-18-10-13-28(14-11-18)12-9-17-15-25-22-7-3-1-5-19(17)22/h1-8,15-16,18,25-26H,9-14H2,(H,27,29). The fraction of sp³-hybridized carbons (Fsp3) is 0.292. The summed E-state index contributed by atoms with van der Waals surface area (Å²) in [5.41, 5.74) is 4.34. The summed E-state index contributed by atoms with van der Waals surface area (Å²) in [6, 6.07) is 16.7. The van der Waals surface area contributed by atoms with Crippen LogP contribution in [0, 0.1) is 0 Å². The fourth-order valence-electron chi connectivity index (χ4n) is 4.44. The second kappa shape index (κ2) is 7.76. The first-order valence-electron chi connectivity index (χ1n) is 10.4. The van der Waals surface area contributed by atoms with Crippen LogP contribution in [0.25, 0.3) is 21.8 Å². The number of benzene rings is 2. The molecule has 148 valence electrons. The van der Waals surface area contributed by atoms with E-state index in [1.54, 1.807) is 0 Å². The molecule has 5 rings (SSSR count). The Kier molecular flexibility index (Phi) is 4.82. The van der Waals surface area contributed by atoms with Gasteiger partial charge in [-0.25, -0.2) is 0 Å². The van der Waals surface area contributed by atoms with E-state index in [0.717, 1.165) is 55.4 Å². The normalized spacial score (nSPS) is 15.9. The molecular formula is C24H26N4O. The number of nitrogens with zero attached hydrogens (tertiary/aromatic N) is 1. The maximum absolute atomic E-state index is 12.7. The van der Waals surface area contributed by atoms with E-state index in [0.29, 0.717) is 0 Å². The predicted octanol–water partition coefficient (Wildman–Crippen LogP) is 4.09. The lowest BCUT2D eigenvalue weighted by Gasteiger charge is -2.32. The zero-order valence-corrected chi connectivity index (χ0v) is 16.4. The highest BCUT2D eigenvalue weighted by atomic mass is 16.1. The minimum absolute atomic E-state index is 0.0275. The van der Waals surface area contributed by atoms with Crippen molar-refractivity contribution in [3.8, 4) is 0 Å². The first kappa shape index (κ1) is 18.0. The minimum Gasteiger partial charge on any atom is -0.361 e. The van der Waals surface area contributed by atoms with Crippen LogP contribution in [0.3, 0.4) is 0 Å². The van der Waals surface area contributed by atoms with Crippen molar-refractivity contribution in [3.05, 3.63) is 72.1 Å². The summed E-state index contributed by atoms with van der Waals surface area (Å²) in [6.07, 6.45) is 7.01. The van der Waals surface area contributed by atoms with Gasteiger partial charge in [0.2, 0.25) is 0 Å². The molecule has 4 aromatic rings. The molecule has 1 aliphatic heterocycles. The Morgan fingerprint density at radius 2 is 1.59 bits per heavy atom. The summed E-state index contributed by atoms with van der Waals surface area (Å²) in [5.74, 6) is 0.0275. The number of likely N-dealkylation sites (tertiary alicyclic amines) is 1. The van der Waals surface area contributed by atoms with Crippen molar-refractivity contribution in [1.82, 2.24) is 20.2 Å². The van der Waals surface area contributed by atoms with Crippen LogP contribution < -0.4 is 5.32 Å². The molecule has 0 bridgehead atoms. The Bertz CT molecular complexity index is 1130. The van der Waals surface area contributed by atoms with Crippen LogP contribution in [-0.4, -0.2) is 46.5 Å². The number of nitrogens with one attached hydrogen (secondary N) is 3. The summed E-state index contributed by atoms with van der Waals surface area (Å²) in [7, 11) is 0. The summed E-state index contributed by atoms with van der Waals surface area (Å²) < 4.78 is 0. The third-order valence-corrected chi connectivity index (χ3v) is 6.13. The molecule has 3 N–H and O–H groups in total. The lowest BCUT2D eigenvalue weighted by molar-refractivity contribution is 0.0913. The predicted molar refractivity (Wildman–Crippen MR) is 117 cm³/mol. The number of carbonyl (C=O) groups excluding carboxylic acids is 1. The molecule has 1 saturated heterocycles. The number of hydrogen-bond donors (Lipinski definition) is 3. The molecule has 1 fully saturated rings. The van der Waals surface area contributed by atoms with Gasteiger partial charge in [0.05, 0.1) is 5.56 Å². The monoisotopic (exact) mass is 386 g/mol. The third kappa shape index (κ3) is 3.66. The van der Waals surface area contributed by atoms with Gasteiger partial charge in [-0.3, -0.25) is 4.79 Å². The smallest absolute Gasteiger partial charge is 0.253 e. The van der Waals surface area contributed by atoms with E-state index in [9.17, 15) is 4.79 Å². The van der Waals surface area contributed by atoms with Crippen molar-refractivity contribution in [2.75, 3.05) is 19.6 Å². The van der Waals surface area contributed by atoms with Crippen molar-refractivity contribution in [1.29, 1.82) is 0 Å². The van der Waals surface area contributed by atoms with Gasteiger partial charge in [-0.2, -0.15) is 0 Å². The highest BCUT2D eigenvalue weighted by molar-refractivity contribution is 6.06. The third-order valence-electron chi connectivity index (χ3n) is 6.13. The molecule has 5 heteroatoms. The van der Waals surface area contributed by atoms with E-state index in [-0.39, 0.29) is 11.9 Å². The average Bonchev–Trinajstić information content (AvgIpc) is 3.38. The molecule has 0 radical (unpaired) electrons. The van der Waals surface area contributed by atoms with Gasteiger partial charge in [0.25, 0.3) is 5.91 Å². The van der Waals surface area contributed by atoms with Gasteiger partial charge >= 0.3 is 0 Å². The van der Waals surface area contributed by atoms with Crippen LogP contribution in [-0.2, 0) is 6.42 Å². The van der Waals surface area contributed by atoms with Crippen LogP contribution in [0.2, 0.25) is 0 Å². The van der Waals surface area contributed by atoms with Crippen LogP contribution in [0.1, 0.15) is 28.8 Å². The van der Waals surface area contributed by atoms with Crippen molar-refractivity contribution < 1.29 is 4.79 Å². The minimum atomic E-state index is 0.0275. The number of rotatable bonds is 5. The number of fused-ring (bicyclic) bond motifs is 2. The van der Waals surface area contributed by atoms with Crippen LogP contribution >= 0.6 is 0 Å². The van der Waals surface area contributed by atoms with Crippen molar-refractivity contribution in [3.63, 3.8) is 0 Å². The average molecular weight is 386 g/mol. The van der Waals surface area contributed by atoms with Crippen molar-refractivity contribution in [2.45, 2.75) is 25.3 Å². The molecule has 0 unspecified atom stereocenters. The summed E-state index contributed by atoms with van der Waals surface area (Å²) in [6.45, 7) is 3.12. The zero-order chi connectivity index (χ0) is 19.6. The Morgan fingerprint density at radius 1 is 0.931 bits per heavy atom. The number of para-hydroxylation sites is 2. The molecule has 5 nitrogen and oxygen atoms in total. The fourth-order valence-corrected chi connectivity index (χ4v) is 4.44. The number of aromatic nitrogens is 2. The second-order valence-electron chi connectivity index (χ2n) is 7.95. The molecule has 0 aliphatic carbocycles. The van der Waals surface area contributed by atoms with E-state index in [4.69, 9.17) is 0 Å². The Labute approximate surface area is 170 Å². The lowest BCUT2D eigenvalue weighted by atomic mass is 10.0. The van der Waals surface area contributed by atoms with Gasteiger partial charge in [-0.15, -0.1) is 0 Å². The second-order valence-corrected chi connectivity index (χ2v) is 7.95. The number of amides is 1. The van der Waals surface area contributed by atoms with Gasteiger partial charge in [0.15, 0.2) is 0 Å². The quantitative estimate of drug-likeness (QED) is 0.484. The molecule has 29 heavy (non-hydrogen) atoms. The van der Waals surface area contributed by atoms with E-state index in [1.807, 2.05) is 30.5 Å². The van der Waals surface area contributed by atoms with Gasteiger partial charge in [-0.1, -0.05) is 36.4 Å². The van der Waals surface area contributed by atoms with E-state index < -0.39 is 0 Å². The molecule has 0 atom stereocenters. The van der Waals surface area contributed by atoms with Crippen molar-refractivity contribution in [2.24, 2.45) is 0 Å². The Hall–Kier alpha value is -3.05. The topological polar surface area (TPSA) is 63.9 Å². The van der Waals surface area contributed by atoms with E-state index >= 15 is 0 Å². The molecule has 2 aromatic heterocycles. The SMILES string of the molecule is O=C(NC1CCN(CCc2c[nH]c3ccccc23)CC1)c1c[nH]c2ccccc12. The number of hydrogen-bond acceptors (Lipinski definition) is 2.